The van der Waals surface area contributed by atoms with Crippen molar-refractivity contribution < 1.29 is 5.11 Å². The third-order valence-corrected chi connectivity index (χ3v) is 0.500. The fraction of sp³-hybridized carbons (Fsp3) is 1.00. The van der Waals surface area contributed by atoms with Crippen LogP contribution in [0.5, 0.6) is 0 Å². The molecule has 0 unspecified atom stereocenters. The summed E-state index contributed by atoms with van der Waals surface area (Å²) in [6.07, 6.45) is 0. The first-order valence-electron chi connectivity index (χ1n) is 1.99. The zero-order valence-corrected chi connectivity index (χ0v) is 4.23. The molecule has 0 aromatic heterocycles. The van der Waals surface area contributed by atoms with Crippen LogP contribution >= 0.6 is 0 Å². The van der Waals surface area contributed by atoms with Gasteiger partial charge in [-0.3, -0.25) is 0 Å². The van der Waals surface area contributed by atoms with Crippen molar-refractivity contribution in [1.82, 2.24) is 0 Å². The van der Waals surface area contributed by atoms with Crippen LogP contribution < -0.4 is 5.73 Å². The molecule has 0 saturated heterocycles. The van der Waals surface area contributed by atoms with E-state index in [0.29, 0.717) is 6.54 Å². The summed E-state index contributed by atoms with van der Waals surface area (Å²) in [6.45, 7) is 3.67. The molecule has 0 aliphatic rings. The SMILES string of the molecule is CC(C)(O)CN.[CaH2]. The quantitative estimate of drug-likeness (QED) is 0.439. The molecule has 0 aromatic rings. The Kier molecular flexibility index (Phi) is 6.46. The fourth-order valence-corrected chi connectivity index (χ4v) is 0. The van der Waals surface area contributed by atoms with Gasteiger partial charge in [-0.05, 0) is 13.8 Å². The molecule has 0 rings (SSSR count). The van der Waals surface area contributed by atoms with Crippen molar-refractivity contribution in [1.29, 1.82) is 0 Å². The van der Waals surface area contributed by atoms with Gasteiger partial charge in [0, 0.05) is 6.54 Å². The van der Waals surface area contributed by atoms with Gasteiger partial charge in [0.2, 0.25) is 0 Å². The summed E-state index contributed by atoms with van der Waals surface area (Å²) in [6, 6.07) is 0. The van der Waals surface area contributed by atoms with Crippen LogP contribution in [0.25, 0.3) is 0 Å². The van der Waals surface area contributed by atoms with E-state index in [0.717, 1.165) is 0 Å². The number of aliphatic hydroxyl groups is 1. The summed E-state index contributed by atoms with van der Waals surface area (Å²) >= 11 is 0. The normalized spacial score (nSPS) is 10.3. The van der Waals surface area contributed by atoms with Gasteiger partial charge in [-0.1, -0.05) is 0 Å². The molecule has 0 atom stereocenters. The van der Waals surface area contributed by atoms with E-state index in [2.05, 4.69) is 0 Å². The standard InChI is InChI=1S/C4H11NO.Ca.2H/c1-4(2,6)3-5;;;/h6H,3,5H2,1-2H3;;;. The molecule has 0 heterocycles. The van der Waals surface area contributed by atoms with Gasteiger partial charge in [0.25, 0.3) is 0 Å². The Hall–Kier alpha value is 1.18. The Morgan fingerprint density at radius 1 is 1.57 bits per heavy atom. The summed E-state index contributed by atoms with van der Waals surface area (Å²) in [7, 11) is 0. The molecule has 0 amide bonds. The number of nitrogens with two attached hydrogens (primary N) is 1. The number of hydrogen-bond donors (Lipinski definition) is 2. The first kappa shape index (κ1) is 11.0. The average Bonchev–Trinajstić information content (AvgIpc) is 1.35. The minimum atomic E-state index is -0.681. The second kappa shape index (κ2) is 4.10. The monoisotopic (exact) mass is 131 g/mol. The Labute approximate surface area is 74.1 Å². The van der Waals surface area contributed by atoms with Crippen molar-refractivity contribution in [3.05, 3.63) is 0 Å². The Morgan fingerprint density at radius 3 is 1.71 bits per heavy atom. The van der Waals surface area contributed by atoms with Crippen molar-refractivity contribution in [2.75, 3.05) is 6.54 Å². The van der Waals surface area contributed by atoms with Crippen LogP contribution in [0.15, 0.2) is 0 Å². The molecule has 0 aliphatic heterocycles. The predicted molar refractivity (Wildman–Crippen MR) is 33.9 cm³/mol. The van der Waals surface area contributed by atoms with E-state index >= 15 is 0 Å². The Balaban J connectivity index is 0. The van der Waals surface area contributed by atoms with Crippen LogP contribution in [0.1, 0.15) is 13.8 Å². The van der Waals surface area contributed by atoms with Gasteiger partial charge in [-0.25, -0.2) is 0 Å². The Morgan fingerprint density at radius 2 is 1.71 bits per heavy atom. The van der Waals surface area contributed by atoms with E-state index in [1.54, 1.807) is 13.8 Å². The van der Waals surface area contributed by atoms with Crippen LogP contribution in [0, 0.1) is 0 Å². The molecule has 0 bridgehead atoms. The summed E-state index contributed by atoms with van der Waals surface area (Å²) in [5.74, 6) is 0. The zero-order chi connectivity index (χ0) is 5.21. The number of rotatable bonds is 1. The molecule has 3 N–H and O–H groups in total. The summed E-state index contributed by atoms with van der Waals surface area (Å²) in [5.41, 5.74) is 4.38. The second-order valence-electron chi connectivity index (χ2n) is 2.02. The van der Waals surface area contributed by atoms with Gasteiger partial charge in [-0.2, -0.15) is 0 Å². The zero-order valence-electron chi connectivity index (χ0n) is 4.23. The van der Waals surface area contributed by atoms with Crippen LogP contribution in [0.3, 0.4) is 0 Å². The summed E-state index contributed by atoms with van der Waals surface area (Å²) in [4.78, 5) is 0. The molecule has 0 saturated carbocycles. The number of hydrogen-bond acceptors (Lipinski definition) is 2. The molecule has 0 aromatic carbocycles. The van der Waals surface area contributed by atoms with E-state index in [-0.39, 0.29) is 37.7 Å². The Bertz CT molecular complexity index is 41.4. The van der Waals surface area contributed by atoms with E-state index in [1.807, 2.05) is 0 Å². The molecule has 7 heavy (non-hydrogen) atoms. The van der Waals surface area contributed by atoms with Crippen molar-refractivity contribution >= 4 is 37.7 Å². The van der Waals surface area contributed by atoms with Crippen LogP contribution in [-0.4, -0.2) is 55.0 Å². The molecular formula is C4H13CaNO. The average molecular weight is 131 g/mol. The van der Waals surface area contributed by atoms with Crippen molar-refractivity contribution in [2.24, 2.45) is 5.73 Å². The third-order valence-electron chi connectivity index (χ3n) is 0.500. The molecule has 2 nitrogen and oxygen atoms in total. The van der Waals surface area contributed by atoms with Crippen LogP contribution in [-0.2, 0) is 0 Å². The second-order valence-corrected chi connectivity index (χ2v) is 2.02. The van der Waals surface area contributed by atoms with Gasteiger partial charge in [-0.15, -0.1) is 0 Å². The van der Waals surface area contributed by atoms with E-state index in [9.17, 15) is 0 Å². The van der Waals surface area contributed by atoms with Crippen molar-refractivity contribution in [3.8, 4) is 0 Å². The maximum absolute atomic E-state index is 8.70. The molecule has 0 aliphatic carbocycles. The third kappa shape index (κ3) is 11.0. The van der Waals surface area contributed by atoms with Gasteiger partial charge in [0.05, 0.1) is 5.60 Å². The van der Waals surface area contributed by atoms with E-state index < -0.39 is 5.60 Å². The van der Waals surface area contributed by atoms with Crippen molar-refractivity contribution in [2.45, 2.75) is 19.4 Å². The van der Waals surface area contributed by atoms with E-state index in [1.165, 1.54) is 0 Å². The molecule has 42 valence electrons. The van der Waals surface area contributed by atoms with Gasteiger partial charge in [0.15, 0.2) is 0 Å². The predicted octanol–water partition coefficient (Wildman–Crippen LogP) is -1.20. The molecule has 3 heteroatoms. The molecule has 0 radical (unpaired) electrons. The first-order chi connectivity index (χ1) is 2.56. The fourth-order valence-electron chi connectivity index (χ4n) is 0. The van der Waals surface area contributed by atoms with E-state index in [4.69, 9.17) is 10.8 Å². The van der Waals surface area contributed by atoms with Gasteiger partial charge in [0.1, 0.15) is 0 Å². The summed E-state index contributed by atoms with van der Waals surface area (Å²) in [5, 5.41) is 8.70. The topological polar surface area (TPSA) is 46.2 Å². The minimum absolute atomic E-state index is 0. The maximum atomic E-state index is 8.70. The van der Waals surface area contributed by atoms with Gasteiger partial charge >= 0.3 is 37.7 Å². The van der Waals surface area contributed by atoms with Gasteiger partial charge < -0.3 is 10.8 Å². The molecule has 0 spiro atoms. The van der Waals surface area contributed by atoms with Crippen molar-refractivity contribution in [3.63, 3.8) is 0 Å². The van der Waals surface area contributed by atoms with Crippen LogP contribution in [0.2, 0.25) is 0 Å². The molecular weight excluding hydrogens is 118 g/mol. The molecule has 0 fully saturated rings. The van der Waals surface area contributed by atoms with Crippen LogP contribution in [0.4, 0.5) is 0 Å². The first-order valence-corrected chi connectivity index (χ1v) is 1.99. The summed E-state index contributed by atoms with van der Waals surface area (Å²) < 4.78 is 0.